The number of nitrogens with zero attached hydrogens (tertiary/aromatic N) is 3. The molecule has 1 aliphatic heterocycles. The molecule has 0 amide bonds. The monoisotopic (exact) mass is 381 g/mol. The van der Waals surface area contributed by atoms with Crippen molar-refractivity contribution in [2.45, 2.75) is 6.54 Å². The van der Waals surface area contributed by atoms with E-state index in [0.29, 0.717) is 29.4 Å². The van der Waals surface area contributed by atoms with Crippen LogP contribution in [0.5, 0.6) is 11.5 Å². The zero-order valence-electron chi connectivity index (χ0n) is 16.1. The minimum absolute atomic E-state index is 0.204. The van der Waals surface area contributed by atoms with Crippen molar-refractivity contribution in [2.75, 3.05) is 40.5 Å². The lowest BCUT2D eigenvalue weighted by Gasteiger charge is -2.25. The van der Waals surface area contributed by atoms with E-state index in [-0.39, 0.29) is 5.78 Å². The number of ketones is 1. The van der Waals surface area contributed by atoms with Crippen LogP contribution in [0.1, 0.15) is 21.9 Å². The van der Waals surface area contributed by atoms with Crippen molar-refractivity contribution in [3.8, 4) is 11.5 Å². The Morgan fingerprint density at radius 1 is 1.14 bits per heavy atom. The fraction of sp³-hybridized carbons (Fsp3) is 0.333. The number of carbonyl (C=O) groups is 1. The van der Waals surface area contributed by atoms with Gasteiger partial charge in [-0.2, -0.15) is 0 Å². The Kier molecular flexibility index (Phi) is 5.27. The SMILES string of the molecule is COc1ccc(OC)c(C(=O)c2nc(CN3CCOCC3)c3ccccn23)c1. The van der Waals surface area contributed by atoms with Crippen LogP contribution in [-0.4, -0.2) is 60.6 Å². The number of morpholine rings is 1. The standard InChI is InChI=1S/C21H23N3O4/c1-26-15-6-7-19(27-2)16(13-15)20(25)21-22-17(14-23-9-11-28-12-10-23)18-5-3-4-8-24(18)21/h3-8,13H,9-12,14H2,1-2H3. The Balaban J connectivity index is 1.75. The van der Waals surface area contributed by atoms with Crippen LogP contribution in [0, 0.1) is 0 Å². The predicted octanol–water partition coefficient (Wildman–Crippen LogP) is 2.41. The van der Waals surface area contributed by atoms with Crippen LogP contribution in [-0.2, 0) is 11.3 Å². The third-order valence-corrected chi connectivity index (χ3v) is 4.96. The van der Waals surface area contributed by atoms with Crippen molar-refractivity contribution in [1.82, 2.24) is 14.3 Å². The summed E-state index contributed by atoms with van der Waals surface area (Å²) in [5, 5.41) is 0. The fourth-order valence-corrected chi connectivity index (χ4v) is 3.46. The zero-order valence-corrected chi connectivity index (χ0v) is 16.1. The van der Waals surface area contributed by atoms with E-state index in [1.165, 1.54) is 0 Å². The van der Waals surface area contributed by atoms with Gasteiger partial charge < -0.3 is 14.2 Å². The highest BCUT2D eigenvalue weighted by molar-refractivity contribution is 6.09. The molecule has 146 valence electrons. The number of pyridine rings is 1. The number of hydrogen-bond donors (Lipinski definition) is 0. The number of rotatable bonds is 6. The van der Waals surface area contributed by atoms with E-state index in [2.05, 4.69) is 4.90 Å². The molecule has 0 aliphatic carbocycles. The Bertz CT molecular complexity index is 992. The van der Waals surface area contributed by atoms with E-state index in [9.17, 15) is 4.79 Å². The van der Waals surface area contributed by atoms with E-state index < -0.39 is 0 Å². The van der Waals surface area contributed by atoms with E-state index in [0.717, 1.165) is 37.5 Å². The van der Waals surface area contributed by atoms with Crippen LogP contribution < -0.4 is 9.47 Å². The molecule has 1 aromatic carbocycles. The summed E-state index contributed by atoms with van der Waals surface area (Å²) in [6, 6.07) is 11.0. The Morgan fingerprint density at radius 2 is 1.96 bits per heavy atom. The molecule has 0 saturated carbocycles. The first-order chi connectivity index (χ1) is 13.7. The highest BCUT2D eigenvalue weighted by atomic mass is 16.5. The van der Waals surface area contributed by atoms with E-state index >= 15 is 0 Å². The Hall–Kier alpha value is -2.90. The van der Waals surface area contributed by atoms with Gasteiger partial charge in [-0.1, -0.05) is 6.07 Å². The van der Waals surface area contributed by atoms with Crippen molar-refractivity contribution < 1.29 is 19.0 Å². The molecule has 7 nitrogen and oxygen atoms in total. The predicted molar refractivity (Wildman–Crippen MR) is 104 cm³/mol. The van der Waals surface area contributed by atoms with Crippen LogP contribution in [0.15, 0.2) is 42.6 Å². The molecule has 0 atom stereocenters. The van der Waals surface area contributed by atoms with Gasteiger partial charge in [-0.3, -0.25) is 14.1 Å². The topological polar surface area (TPSA) is 65.3 Å². The largest absolute Gasteiger partial charge is 0.497 e. The molecule has 0 bridgehead atoms. The van der Waals surface area contributed by atoms with Gasteiger partial charge >= 0.3 is 0 Å². The third-order valence-electron chi connectivity index (χ3n) is 4.96. The first-order valence-corrected chi connectivity index (χ1v) is 9.24. The number of ether oxygens (including phenoxy) is 3. The van der Waals surface area contributed by atoms with Crippen molar-refractivity contribution in [2.24, 2.45) is 0 Å². The molecular weight excluding hydrogens is 358 g/mol. The van der Waals surface area contributed by atoms with Crippen LogP contribution in [0.2, 0.25) is 0 Å². The first-order valence-electron chi connectivity index (χ1n) is 9.24. The van der Waals surface area contributed by atoms with Crippen molar-refractivity contribution in [3.63, 3.8) is 0 Å². The lowest BCUT2D eigenvalue weighted by atomic mass is 10.1. The molecule has 0 N–H and O–H groups in total. The molecule has 1 fully saturated rings. The maximum absolute atomic E-state index is 13.4. The molecule has 1 saturated heterocycles. The first kappa shape index (κ1) is 18.5. The van der Waals surface area contributed by atoms with E-state index in [1.807, 2.05) is 28.8 Å². The molecule has 0 unspecified atom stereocenters. The van der Waals surface area contributed by atoms with Crippen molar-refractivity contribution in [3.05, 3.63) is 59.7 Å². The van der Waals surface area contributed by atoms with Gasteiger partial charge in [0.2, 0.25) is 5.78 Å². The molecule has 7 heteroatoms. The average Bonchev–Trinajstić information content (AvgIpc) is 3.12. The number of fused-ring (bicyclic) bond motifs is 1. The molecule has 0 spiro atoms. The number of hydrogen-bond acceptors (Lipinski definition) is 6. The number of benzene rings is 1. The van der Waals surface area contributed by atoms with Gasteiger partial charge in [-0.25, -0.2) is 4.98 Å². The lowest BCUT2D eigenvalue weighted by Crippen LogP contribution is -2.35. The average molecular weight is 381 g/mol. The van der Waals surface area contributed by atoms with Gasteiger partial charge in [0.15, 0.2) is 5.82 Å². The molecule has 3 aromatic rings. The summed E-state index contributed by atoms with van der Waals surface area (Å²) < 4.78 is 17.9. The van der Waals surface area contributed by atoms with Crippen LogP contribution >= 0.6 is 0 Å². The summed E-state index contributed by atoms with van der Waals surface area (Å²) in [5.41, 5.74) is 2.24. The molecular formula is C21H23N3O4. The van der Waals surface area contributed by atoms with Crippen LogP contribution in [0.3, 0.4) is 0 Å². The van der Waals surface area contributed by atoms with Gasteiger partial charge in [0.1, 0.15) is 11.5 Å². The lowest BCUT2D eigenvalue weighted by molar-refractivity contribution is 0.0338. The molecule has 1 aliphatic rings. The number of methoxy groups -OCH3 is 2. The maximum atomic E-state index is 13.4. The molecule has 28 heavy (non-hydrogen) atoms. The Labute approximate surface area is 163 Å². The summed E-state index contributed by atoms with van der Waals surface area (Å²) in [5.74, 6) is 1.25. The fourth-order valence-electron chi connectivity index (χ4n) is 3.46. The number of carbonyl (C=O) groups excluding carboxylic acids is 1. The molecule has 3 heterocycles. The number of imidazole rings is 1. The van der Waals surface area contributed by atoms with Gasteiger partial charge in [0.25, 0.3) is 0 Å². The zero-order chi connectivity index (χ0) is 19.5. The second-order valence-corrected chi connectivity index (χ2v) is 6.62. The van der Waals surface area contributed by atoms with Crippen LogP contribution in [0.25, 0.3) is 5.52 Å². The normalized spacial score (nSPS) is 14.9. The van der Waals surface area contributed by atoms with Gasteiger partial charge in [-0.05, 0) is 30.3 Å². The highest BCUT2D eigenvalue weighted by Gasteiger charge is 2.23. The maximum Gasteiger partial charge on any atom is 0.232 e. The van der Waals surface area contributed by atoms with Crippen LogP contribution in [0.4, 0.5) is 0 Å². The van der Waals surface area contributed by atoms with Crippen molar-refractivity contribution in [1.29, 1.82) is 0 Å². The summed E-state index contributed by atoms with van der Waals surface area (Å²) in [6.07, 6.45) is 1.87. The summed E-state index contributed by atoms with van der Waals surface area (Å²) in [4.78, 5) is 20.4. The van der Waals surface area contributed by atoms with Crippen molar-refractivity contribution >= 4 is 11.3 Å². The Morgan fingerprint density at radius 3 is 2.71 bits per heavy atom. The molecule has 4 rings (SSSR count). The van der Waals surface area contributed by atoms with E-state index in [4.69, 9.17) is 19.2 Å². The molecule has 0 radical (unpaired) electrons. The third kappa shape index (κ3) is 3.46. The highest BCUT2D eigenvalue weighted by Crippen LogP contribution is 2.27. The number of aromatic nitrogens is 2. The second kappa shape index (κ2) is 8.00. The van der Waals surface area contributed by atoms with Gasteiger partial charge in [0.05, 0.1) is 44.2 Å². The second-order valence-electron chi connectivity index (χ2n) is 6.62. The summed E-state index contributed by atoms with van der Waals surface area (Å²) in [6.45, 7) is 3.84. The quantitative estimate of drug-likeness (QED) is 0.611. The summed E-state index contributed by atoms with van der Waals surface area (Å²) in [7, 11) is 3.12. The molecule has 2 aromatic heterocycles. The smallest absolute Gasteiger partial charge is 0.232 e. The van der Waals surface area contributed by atoms with E-state index in [1.54, 1.807) is 32.4 Å². The minimum atomic E-state index is -0.204. The summed E-state index contributed by atoms with van der Waals surface area (Å²) >= 11 is 0. The van der Waals surface area contributed by atoms with Gasteiger partial charge in [0, 0.05) is 25.8 Å². The van der Waals surface area contributed by atoms with Gasteiger partial charge in [-0.15, -0.1) is 0 Å². The minimum Gasteiger partial charge on any atom is -0.497 e.